The minimum atomic E-state index is 0.209. The third kappa shape index (κ3) is 2.07. The summed E-state index contributed by atoms with van der Waals surface area (Å²) >= 11 is 0. The zero-order valence-electron chi connectivity index (χ0n) is 10.6. The first-order chi connectivity index (χ1) is 8.86. The molecule has 2 nitrogen and oxygen atoms in total. The third-order valence-electron chi connectivity index (χ3n) is 4.18. The van der Waals surface area contributed by atoms with Crippen molar-refractivity contribution in [3.63, 3.8) is 0 Å². The first-order valence-electron chi connectivity index (χ1n) is 6.87. The zero-order valence-corrected chi connectivity index (χ0v) is 10.6. The van der Waals surface area contributed by atoms with Gasteiger partial charge in [0.2, 0.25) is 0 Å². The summed E-state index contributed by atoms with van der Waals surface area (Å²) in [6.45, 7) is 0.919. The molecule has 0 aromatic heterocycles. The molecule has 1 saturated heterocycles. The standard InChI is InChI=1S/C16H19NO/c18-16(14-8-2-1-3-9-14)17-12-6-10-13-7-4-5-11-15(13)17/h1-5,8-9,13,15H,6-7,10-12H2/t13-,15-/m1/s1. The van der Waals surface area contributed by atoms with Crippen LogP contribution in [0.2, 0.25) is 0 Å². The molecule has 0 bridgehead atoms. The van der Waals surface area contributed by atoms with E-state index in [1.54, 1.807) is 0 Å². The van der Waals surface area contributed by atoms with Gasteiger partial charge in [-0.25, -0.2) is 0 Å². The maximum Gasteiger partial charge on any atom is 0.254 e. The van der Waals surface area contributed by atoms with Crippen molar-refractivity contribution in [1.82, 2.24) is 4.90 Å². The normalized spacial score (nSPS) is 26.8. The molecule has 1 aromatic carbocycles. The fourth-order valence-corrected chi connectivity index (χ4v) is 3.24. The first-order valence-corrected chi connectivity index (χ1v) is 6.87. The molecule has 0 spiro atoms. The fraction of sp³-hybridized carbons (Fsp3) is 0.438. The first kappa shape index (κ1) is 11.5. The smallest absolute Gasteiger partial charge is 0.254 e. The lowest BCUT2D eigenvalue weighted by molar-refractivity contribution is 0.0490. The van der Waals surface area contributed by atoms with Gasteiger partial charge >= 0.3 is 0 Å². The third-order valence-corrected chi connectivity index (χ3v) is 4.18. The van der Waals surface area contributed by atoms with Crippen LogP contribution in [0.25, 0.3) is 0 Å². The summed E-state index contributed by atoms with van der Waals surface area (Å²) < 4.78 is 0. The van der Waals surface area contributed by atoms with Crippen molar-refractivity contribution in [3.05, 3.63) is 48.0 Å². The molecule has 0 N–H and O–H groups in total. The number of rotatable bonds is 1. The molecule has 1 heterocycles. The van der Waals surface area contributed by atoms with Gasteiger partial charge in [0.15, 0.2) is 0 Å². The molecule has 0 unspecified atom stereocenters. The molecule has 1 aromatic rings. The Bertz CT molecular complexity index is 451. The minimum absolute atomic E-state index is 0.209. The van der Waals surface area contributed by atoms with Crippen LogP contribution < -0.4 is 0 Å². The van der Waals surface area contributed by atoms with Crippen LogP contribution in [0.4, 0.5) is 0 Å². The Morgan fingerprint density at radius 2 is 1.89 bits per heavy atom. The van der Waals surface area contributed by atoms with E-state index in [9.17, 15) is 4.79 Å². The number of hydrogen-bond donors (Lipinski definition) is 0. The number of fused-ring (bicyclic) bond motifs is 1. The van der Waals surface area contributed by atoms with Crippen molar-refractivity contribution in [2.75, 3.05) is 6.54 Å². The molecule has 0 radical (unpaired) electrons. The largest absolute Gasteiger partial charge is 0.335 e. The van der Waals surface area contributed by atoms with Gasteiger partial charge in [0, 0.05) is 18.2 Å². The topological polar surface area (TPSA) is 20.3 Å². The highest BCUT2D eigenvalue weighted by Crippen LogP contribution is 2.32. The SMILES string of the molecule is O=C(c1ccccc1)N1CCC[C@H]2CC=CC[C@H]21. The van der Waals surface area contributed by atoms with E-state index in [1.165, 1.54) is 6.42 Å². The van der Waals surface area contributed by atoms with Crippen molar-refractivity contribution >= 4 is 5.91 Å². The monoisotopic (exact) mass is 241 g/mol. The number of allylic oxidation sites excluding steroid dienone is 1. The fourth-order valence-electron chi connectivity index (χ4n) is 3.24. The molecule has 1 amide bonds. The Hall–Kier alpha value is -1.57. The van der Waals surface area contributed by atoms with Crippen LogP contribution in [0, 0.1) is 5.92 Å². The maximum absolute atomic E-state index is 12.6. The average molecular weight is 241 g/mol. The maximum atomic E-state index is 12.6. The average Bonchev–Trinajstić information content (AvgIpc) is 2.47. The van der Waals surface area contributed by atoms with E-state index in [-0.39, 0.29) is 5.91 Å². The highest BCUT2D eigenvalue weighted by atomic mass is 16.2. The van der Waals surface area contributed by atoms with Crippen molar-refractivity contribution in [2.24, 2.45) is 5.92 Å². The van der Waals surface area contributed by atoms with E-state index in [2.05, 4.69) is 17.1 Å². The van der Waals surface area contributed by atoms with Gasteiger partial charge in [-0.15, -0.1) is 0 Å². The molecule has 18 heavy (non-hydrogen) atoms. The van der Waals surface area contributed by atoms with Gasteiger partial charge in [-0.05, 0) is 43.7 Å². The van der Waals surface area contributed by atoms with Crippen molar-refractivity contribution in [2.45, 2.75) is 31.7 Å². The van der Waals surface area contributed by atoms with E-state index in [0.29, 0.717) is 12.0 Å². The van der Waals surface area contributed by atoms with E-state index in [4.69, 9.17) is 0 Å². The number of benzene rings is 1. The Morgan fingerprint density at radius 1 is 1.11 bits per heavy atom. The molecule has 94 valence electrons. The minimum Gasteiger partial charge on any atom is -0.335 e. The van der Waals surface area contributed by atoms with Gasteiger partial charge in [-0.2, -0.15) is 0 Å². The van der Waals surface area contributed by atoms with Crippen molar-refractivity contribution in [3.8, 4) is 0 Å². The van der Waals surface area contributed by atoms with E-state index in [0.717, 1.165) is 31.4 Å². The lowest BCUT2D eigenvalue weighted by Crippen LogP contribution is -2.48. The lowest BCUT2D eigenvalue weighted by Gasteiger charge is -2.42. The Balaban J connectivity index is 1.82. The second-order valence-corrected chi connectivity index (χ2v) is 5.28. The van der Waals surface area contributed by atoms with Crippen molar-refractivity contribution in [1.29, 1.82) is 0 Å². The quantitative estimate of drug-likeness (QED) is 0.691. The number of carbonyl (C=O) groups is 1. The second kappa shape index (κ2) is 4.97. The van der Waals surface area contributed by atoms with Gasteiger partial charge in [0.1, 0.15) is 0 Å². The van der Waals surface area contributed by atoms with Crippen LogP contribution in [-0.4, -0.2) is 23.4 Å². The van der Waals surface area contributed by atoms with Crippen molar-refractivity contribution < 1.29 is 4.79 Å². The Kier molecular flexibility index (Phi) is 3.18. The highest BCUT2D eigenvalue weighted by Gasteiger charge is 2.34. The molecule has 1 aliphatic heterocycles. The van der Waals surface area contributed by atoms with Crippen LogP contribution >= 0.6 is 0 Å². The molecule has 1 aliphatic carbocycles. The van der Waals surface area contributed by atoms with Gasteiger partial charge < -0.3 is 4.90 Å². The molecule has 2 atom stereocenters. The number of carbonyl (C=O) groups excluding carboxylic acids is 1. The molecular formula is C16H19NO. The number of nitrogens with zero attached hydrogens (tertiary/aromatic N) is 1. The number of hydrogen-bond acceptors (Lipinski definition) is 1. The zero-order chi connectivity index (χ0) is 12.4. The number of likely N-dealkylation sites (tertiary alicyclic amines) is 1. The predicted octanol–water partition coefficient (Wildman–Crippen LogP) is 3.26. The lowest BCUT2D eigenvalue weighted by atomic mass is 9.81. The number of amides is 1. The second-order valence-electron chi connectivity index (χ2n) is 5.28. The summed E-state index contributed by atoms with van der Waals surface area (Å²) in [6, 6.07) is 10.1. The van der Waals surface area contributed by atoms with E-state index < -0.39 is 0 Å². The predicted molar refractivity (Wildman–Crippen MR) is 72.4 cm³/mol. The van der Waals surface area contributed by atoms with Gasteiger partial charge in [-0.3, -0.25) is 4.79 Å². The molecule has 2 aliphatic rings. The number of piperidine rings is 1. The summed E-state index contributed by atoms with van der Waals surface area (Å²) in [5.41, 5.74) is 0.827. The molecular weight excluding hydrogens is 222 g/mol. The van der Waals surface area contributed by atoms with Gasteiger partial charge in [0.05, 0.1) is 0 Å². The van der Waals surface area contributed by atoms with E-state index >= 15 is 0 Å². The molecule has 3 rings (SSSR count). The van der Waals surface area contributed by atoms with Crippen LogP contribution in [0.15, 0.2) is 42.5 Å². The molecule has 1 fully saturated rings. The van der Waals surface area contributed by atoms with Crippen LogP contribution in [0.1, 0.15) is 36.0 Å². The Labute approximate surface area is 108 Å². The highest BCUT2D eigenvalue weighted by molar-refractivity contribution is 5.94. The molecule has 0 saturated carbocycles. The summed E-state index contributed by atoms with van der Waals surface area (Å²) in [5, 5.41) is 0. The van der Waals surface area contributed by atoms with Gasteiger partial charge in [0.25, 0.3) is 5.91 Å². The Morgan fingerprint density at radius 3 is 2.72 bits per heavy atom. The molecule has 2 heteroatoms. The summed E-state index contributed by atoms with van der Waals surface area (Å²) in [7, 11) is 0. The van der Waals surface area contributed by atoms with Crippen LogP contribution in [-0.2, 0) is 0 Å². The summed E-state index contributed by atoms with van der Waals surface area (Å²) in [4.78, 5) is 14.7. The summed E-state index contributed by atoms with van der Waals surface area (Å²) in [6.07, 6.45) is 9.10. The van der Waals surface area contributed by atoms with Crippen LogP contribution in [0.5, 0.6) is 0 Å². The van der Waals surface area contributed by atoms with Crippen LogP contribution in [0.3, 0.4) is 0 Å². The van der Waals surface area contributed by atoms with Gasteiger partial charge in [-0.1, -0.05) is 30.4 Å². The van der Waals surface area contributed by atoms with E-state index in [1.807, 2.05) is 30.3 Å². The summed E-state index contributed by atoms with van der Waals surface area (Å²) in [5.74, 6) is 0.886.